The number of imidazole rings is 1. The molecule has 1 aromatic carbocycles. The molecule has 0 radical (unpaired) electrons. The summed E-state index contributed by atoms with van der Waals surface area (Å²) in [7, 11) is 0. The second kappa shape index (κ2) is 9.09. The highest BCUT2D eigenvalue weighted by Crippen LogP contribution is 2.28. The van der Waals surface area contributed by atoms with Crippen molar-refractivity contribution >= 4 is 12.4 Å². The predicted octanol–water partition coefficient (Wildman–Crippen LogP) is 5.03. The molecule has 0 fully saturated rings. The van der Waals surface area contributed by atoms with Crippen LogP contribution in [0.1, 0.15) is 44.1 Å². The molecule has 0 atom stereocenters. The van der Waals surface area contributed by atoms with E-state index in [0.717, 1.165) is 36.6 Å². The van der Waals surface area contributed by atoms with Gasteiger partial charge < -0.3 is 9.30 Å². The van der Waals surface area contributed by atoms with Gasteiger partial charge in [0.05, 0.1) is 30.0 Å². The van der Waals surface area contributed by atoms with E-state index in [-0.39, 0.29) is 18.5 Å². The third kappa shape index (κ3) is 4.72. The van der Waals surface area contributed by atoms with Crippen LogP contribution in [-0.2, 0) is 13.1 Å². The maximum atomic E-state index is 5.82. The second-order valence-corrected chi connectivity index (χ2v) is 6.99. The minimum atomic E-state index is 0. The Kier molecular flexibility index (Phi) is 7.08. The summed E-state index contributed by atoms with van der Waals surface area (Å²) in [5.74, 6) is 0.905. The first-order valence-electron chi connectivity index (χ1n) is 9.29. The lowest BCUT2D eigenvalue weighted by atomic mass is 10.1. The zero-order valence-corrected chi connectivity index (χ0v) is 17.6. The number of nitrogens with zero attached hydrogens (tertiary/aromatic N) is 4. The average molecular weight is 389 g/mol. The molecule has 0 aliphatic heterocycles. The third-order valence-electron chi connectivity index (χ3n) is 4.41. The normalized spacial score (nSPS) is 10.9. The molecular weight excluding hydrogens is 360 g/mol. The molecule has 0 aliphatic rings. The smallest absolute Gasteiger partial charge is 0.120 e. The number of ether oxygens (including phenoxy) is 1. The van der Waals surface area contributed by atoms with Crippen LogP contribution in [0.25, 0.3) is 11.3 Å². The first-order valence-corrected chi connectivity index (χ1v) is 9.29. The lowest BCUT2D eigenvalue weighted by Crippen LogP contribution is -2.06. The van der Waals surface area contributed by atoms with E-state index in [0.29, 0.717) is 0 Å². The predicted molar refractivity (Wildman–Crippen MR) is 112 cm³/mol. The molecule has 0 bridgehead atoms. The number of halogens is 1. The molecule has 146 valence electrons. The summed E-state index contributed by atoms with van der Waals surface area (Å²) in [6.45, 7) is 12.2. The molecule has 0 saturated carbocycles. The van der Waals surface area contributed by atoms with Crippen LogP contribution in [-0.4, -0.2) is 25.4 Å². The standard InChI is InChI=1S/C21H28N4O.ClH/c1-6-10-25-17(5)21(16(4)23-25)20-12-22-14-24(20)13-18-8-7-9-19(11-18)26-15(2)3;/h7-9,11-12,14-15H,6,10,13H2,1-5H3;1H. The van der Waals surface area contributed by atoms with Crippen molar-refractivity contribution in [2.45, 2.75) is 60.2 Å². The van der Waals surface area contributed by atoms with E-state index < -0.39 is 0 Å². The summed E-state index contributed by atoms with van der Waals surface area (Å²) in [5.41, 5.74) is 5.74. The van der Waals surface area contributed by atoms with E-state index in [1.165, 1.54) is 16.8 Å². The Hall–Kier alpha value is -2.27. The van der Waals surface area contributed by atoms with Gasteiger partial charge in [-0.3, -0.25) is 4.68 Å². The van der Waals surface area contributed by atoms with Crippen molar-refractivity contribution in [3.8, 4) is 17.0 Å². The molecule has 0 saturated heterocycles. The number of aryl methyl sites for hydroxylation is 2. The summed E-state index contributed by atoms with van der Waals surface area (Å²) in [5, 5.41) is 4.71. The zero-order valence-electron chi connectivity index (χ0n) is 16.8. The van der Waals surface area contributed by atoms with Gasteiger partial charge in [0.2, 0.25) is 0 Å². The molecule has 2 heterocycles. The van der Waals surface area contributed by atoms with E-state index >= 15 is 0 Å². The molecule has 0 N–H and O–H groups in total. The number of hydrogen-bond donors (Lipinski definition) is 0. The highest BCUT2D eigenvalue weighted by Gasteiger charge is 2.17. The fourth-order valence-corrected chi connectivity index (χ4v) is 3.34. The highest BCUT2D eigenvalue weighted by molar-refractivity contribution is 5.85. The van der Waals surface area contributed by atoms with E-state index in [9.17, 15) is 0 Å². The number of hydrogen-bond acceptors (Lipinski definition) is 3. The van der Waals surface area contributed by atoms with Crippen LogP contribution in [0.2, 0.25) is 0 Å². The first-order chi connectivity index (χ1) is 12.5. The van der Waals surface area contributed by atoms with Crippen molar-refractivity contribution in [2.75, 3.05) is 0 Å². The average Bonchev–Trinajstić information content (AvgIpc) is 3.12. The monoisotopic (exact) mass is 388 g/mol. The minimum Gasteiger partial charge on any atom is -0.491 e. The van der Waals surface area contributed by atoms with Crippen molar-refractivity contribution in [1.82, 2.24) is 19.3 Å². The van der Waals surface area contributed by atoms with Gasteiger partial charge in [0.15, 0.2) is 0 Å². The van der Waals surface area contributed by atoms with E-state index in [4.69, 9.17) is 9.84 Å². The molecule has 3 rings (SSSR count). The van der Waals surface area contributed by atoms with E-state index in [1.807, 2.05) is 38.5 Å². The highest BCUT2D eigenvalue weighted by atomic mass is 35.5. The van der Waals surface area contributed by atoms with Crippen LogP contribution < -0.4 is 4.74 Å². The van der Waals surface area contributed by atoms with Crippen LogP contribution in [0.5, 0.6) is 5.75 Å². The van der Waals surface area contributed by atoms with Gasteiger partial charge in [-0.1, -0.05) is 19.1 Å². The summed E-state index contributed by atoms with van der Waals surface area (Å²) in [6, 6.07) is 8.27. The Balaban J connectivity index is 0.00000261. The van der Waals surface area contributed by atoms with E-state index in [1.54, 1.807) is 0 Å². The third-order valence-corrected chi connectivity index (χ3v) is 4.41. The quantitative estimate of drug-likeness (QED) is 0.570. The molecule has 5 nitrogen and oxygen atoms in total. The maximum absolute atomic E-state index is 5.82. The maximum Gasteiger partial charge on any atom is 0.120 e. The van der Waals surface area contributed by atoms with Gasteiger partial charge in [-0.2, -0.15) is 5.10 Å². The van der Waals surface area contributed by atoms with Gasteiger partial charge in [-0.25, -0.2) is 4.98 Å². The van der Waals surface area contributed by atoms with Gasteiger partial charge in [0, 0.05) is 24.3 Å². The van der Waals surface area contributed by atoms with E-state index in [2.05, 4.69) is 47.1 Å². The van der Waals surface area contributed by atoms with Crippen molar-refractivity contribution < 1.29 is 4.74 Å². The summed E-state index contributed by atoms with van der Waals surface area (Å²) < 4.78 is 10.1. The lowest BCUT2D eigenvalue weighted by Gasteiger charge is -2.13. The summed E-state index contributed by atoms with van der Waals surface area (Å²) in [6.07, 6.45) is 5.07. The van der Waals surface area contributed by atoms with Gasteiger partial charge in [-0.15, -0.1) is 12.4 Å². The van der Waals surface area contributed by atoms with Crippen molar-refractivity contribution in [3.63, 3.8) is 0 Å². The molecule has 27 heavy (non-hydrogen) atoms. The van der Waals surface area contributed by atoms with Crippen LogP contribution >= 0.6 is 12.4 Å². The van der Waals surface area contributed by atoms with Gasteiger partial charge in [0.25, 0.3) is 0 Å². The topological polar surface area (TPSA) is 44.9 Å². The molecule has 3 aromatic rings. The Morgan fingerprint density at radius 3 is 2.67 bits per heavy atom. The number of benzene rings is 1. The number of aromatic nitrogens is 4. The Morgan fingerprint density at radius 1 is 1.19 bits per heavy atom. The van der Waals surface area contributed by atoms with Crippen molar-refractivity contribution in [2.24, 2.45) is 0 Å². The van der Waals surface area contributed by atoms with Gasteiger partial charge in [-0.05, 0) is 51.8 Å². The van der Waals surface area contributed by atoms with Crippen LogP contribution in [0.3, 0.4) is 0 Å². The van der Waals surface area contributed by atoms with Gasteiger partial charge >= 0.3 is 0 Å². The Labute approximate surface area is 167 Å². The van der Waals surface area contributed by atoms with Crippen molar-refractivity contribution in [3.05, 3.63) is 53.7 Å². The zero-order chi connectivity index (χ0) is 18.7. The van der Waals surface area contributed by atoms with Crippen molar-refractivity contribution in [1.29, 1.82) is 0 Å². The largest absolute Gasteiger partial charge is 0.491 e. The molecule has 0 amide bonds. The fraction of sp³-hybridized carbons (Fsp3) is 0.429. The second-order valence-electron chi connectivity index (χ2n) is 6.99. The summed E-state index contributed by atoms with van der Waals surface area (Å²) in [4.78, 5) is 4.40. The minimum absolute atomic E-state index is 0. The van der Waals surface area contributed by atoms with Crippen LogP contribution in [0.15, 0.2) is 36.8 Å². The number of rotatable bonds is 7. The molecule has 0 spiro atoms. The SMILES string of the molecule is CCCn1nc(C)c(-c2cncn2Cc2cccc(OC(C)C)c2)c1C.Cl. The van der Waals surface area contributed by atoms with Gasteiger partial charge in [0.1, 0.15) is 5.75 Å². The molecule has 2 aromatic heterocycles. The molecule has 6 heteroatoms. The molecular formula is C21H29ClN4O. The first kappa shape index (κ1) is 21.0. The fourth-order valence-electron chi connectivity index (χ4n) is 3.34. The molecule has 0 unspecified atom stereocenters. The molecule has 0 aliphatic carbocycles. The Bertz CT molecular complexity index is 882. The van der Waals surface area contributed by atoms with Crippen LogP contribution in [0, 0.1) is 13.8 Å². The lowest BCUT2D eigenvalue weighted by molar-refractivity contribution is 0.242. The van der Waals surface area contributed by atoms with Crippen LogP contribution in [0.4, 0.5) is 0 Å². The summed E-state index contributed by atoms with van der Waals surface area (Å²) >= 11 is 0. The Morgan fingerprint density at radius 2 is 1.96 bits per heavy atom.